The normalized spacial score (nSPS) is 11.4. The SMILES string of the molecule is COc1ccccc1N=C(c1ccccc1)c1ccco1. The Morgan fingerprint density at radius 1 is 0.905 bits per heavy atom. The highest BCUT2D eigenvalue weighted by molar-refractivity contribution is 6.12. The summed E-state index contributed by atoms with van der Waals surface area (Å²) in [6, 6.07) is 21.4. The molecule has 3 aromatic rings. The summed E-state index contributed by atoms with van der Waals surface area (Å²) in [5.74, 6) is 1.46. The number of ether oxygens (including phenoxy) is 1. The van der Waals surface area contributed by atoms with Crippen molar-refractivity contribution in [3.05, 3.63) is 84.3 Å². The van der Waals surface area contributed by atoms with E-state index in [-0.39, 0.29) is 0 Å². The Morgan fingerprint density at radius 3 is 2.38 bits per heavy atom. The van der Waals surface area contributed by atoms with Crippen LogP contribution in [0.15, 0.2) is 82.4 Å². The first-order chi connectivity index (χ1) is 10.4. The van der Waals surface area contributed by atoms with Gasteiger partial charge in [-0.15, -0.1) is 0 Å². The maximum Gasteiger partial charge on any atom is 0.152 e. The van der Waals surface area contributed by atoms with Crippen LogP contribution in [-0.2, 0) is 0 Å². The average molecular weight is 277 g/mol. The Morgan fingerprint density at radius 2 is 1.67 bits per heavy atom. The molecule has 0 saturated carbocycles. The minimum atomic E-state index is 0.729. The molecule has 3 nitrogen and oxygen atoms in total. The van der Waals surface area contributed by atoms with Gasteiger partial charge in [0.25, 0.3) is 0 Å². The molecule has 0 fully saturated rings. The van der Waals surface area contributed by atoms with Gasteiger partial charge in [-0.25, -0.2) is 4.99 Å². The zero-order chi connectivity index (χ0) is 14.5. The molecule has 0 unspecified atom stereocenters. The summed E-state index contributed by atoms with van der Waals surface area (Å²) in [7, 11) is 1.64. The number of hydrogen-bond acceptors (Lipinski definition) is 3. The van der Waals surface area contributed by atoms with E-state index in [1.807, 2.05) is 66.7 Å². The molecule has 0 atom stereocenters. The van der Waals surface area contributed by atoms with Crippen molar-refractivity contribution in [2.24, 2.45) is 4.99 Å². The van der Waals surface area contributed by atoms with E-state index in [1.165, 1.54) is 0 Å². The first-order valence-electron chi connectivity index (χ1n) is 6.69. The van der Waals surface area contributed by atoms with Crippen molar-refractivity contribution in [1.82, 2.24) is 0 Å². The molecule has 2 aromatic carbocycles. The molecule has 3 heteroatoms. The predicted octanol–water partition coefficient (Wildman–Crippen LogP) is 4.46. The third-order valence-electron chi connectivity index (χ3n) is 3.12. The Balaban J connectivity index is 2.14. The summed E-state index contributed by atoms with van der Waals surface area (Å²) < 4.78 is 10.9. The van der Waals surface area contributed by atoms with Gasteiger partial charge < -0.3 is 9.15 Å². The maximum atomic E-state index is 5.52. The highest BCUT2D eigenvalue weighted by Gasteiger charge is 2.11. The Hall–Kier alpha value is -2.81. The topological polar surface area (TPSA) is 34.7 Å². The Labute approximate surface area is 123 Å². The molecule has 0 saturated heterocycles. The summed E-state index contributed by atoms with van der Waals surface area (Å²) in [5.41, 5.74) is 2.55. The van der Waals surface area contributed by atoms with Crippen LogP contribution in [0, 0.1) is 0 Å². The van der Waals surface area contributed by atoms with Gasteiger partial charge in [0, 0.05) is 5.56 Å². The minimum Gasteiger partial charge on any atom is -0.494 e. The monoisotopic (exact) mass is 277 g/mol. The first-order valence-corrected chi connectivity index (χ1v) is 6.69. The van der Waals surface area contributed by atoms with Gasteiger partial charge in [0.2, 0.25) is 0 Å². The standard InChI is InChI=1S/C18H15NO2/c1-20-16-11-6-5-10-15(16)19-18(17-12-7-13-21-17)14-8-3-2-4-9-14/h2-13H,1H3. The van der Waals surface area contributed by atoms with Crippen LogP contribution in [-0.4, -0.2) is 12.8 Å². The fraction of sp³-hybridized carbons (Fsp3) is 0.0556. The van der Waals surface area contributed by atoms with Crippen LogP contribution >= 0.6 is 0 Å². The van der Waals surface area contributed by atoms with E-state index in [4.69, 9.17) is 14.1 Å². The quantitative estimate of drug-likeness (QED) is 0.660. The van der Waals surface area contributed by atoms with Gasteiger partial charge in [0.1, 0.15) is 17.1 Å². The van der Waals surface area contributed by atoms with E-state index >= 15 is 0 Å². The van der Waals surface area contributed by atoms with Crippen LogP contribution in [0.25, 0.3) is 0 Å². The minimum absolute atomic E-state index is 0.729. The molecule has 21 heavy (non-hydrogen) atoms. The summed E-state index contributed by atoms with van der Waals surface area (Å²) in [5, 5.41) is 0. The molecule has 0 amide bonds. The van der Waals surface area contributed by atoms with Crippen molar-refractivity contribution in [2.75, 3.05) is 7.11 Å². The number of para-hydroxylation sites is 2. The summed E-state index contributed by atoms with van der Waals surface area (Å²) in [6.45, 7) is 0. The second kappa shape index (κ2) is 6.09. The molecule has 0 bridgehead atoms. The zero-order valence-corrected chi connectivity index (χ0v) is 11.7. The molecule has 104 valence electrons. The van der Waals surface area contributed by atoms with E-state index in [2.05, 4.69) is 0 Å². The Bertz CT molecular complexity index is 731. The van der Waals surface area contributed by atoms with Crippen LogP contribution in [0.3, 0.4) is 0 Å². The van der Waals surface area contributed by atoms with E-state index in [1.54, 1.807) is 13.4 Å². The number of aliphatic imine (C=N–C) groups is 1. The lowest BCUT2D eigenvalue weighted by atomic mass is 10.1. The summed E-state index contributed by atoms with van der Waals surface area (Å²) in [6.07, 6.45) is 1.65. The average Bonchev–Trinajstić information content (AvgIpc) is 3.08. The number of nitrogens with zero attached hydrogens (tertiary/aromatic N) is 1. The van der Waals surface area contributed by atoms with Crippen molar-refractivity contribution in [1.29, 1.82) is 0 Å². The van der Waals surface area contributed by atoms with Crippen LogP contribution < -0.4 is 4.74 Å². The van der Waals surface area contributed by atoms with Gasteiger partial charge in [-0.05, 0) is 24.3 Å². The molecule has 0 aliphatic carbocycles. The largest absolute Gasteiger partial charge is 0.494 e. The highest BCUT2D eigenvalue weighted by Crippen LogP contribution is 2.28. The van der Waals surface area contributed by atoms with Gasteiger partial charge >= 0.3 is 0 Å². The number of hydrogen-bond donors (Lipinski definition) is 0. The second-order valence-corrected chi connectivity index (χ2v) is 4.48. The molecular formula is C18H15NO2. The van der Waals surface area contributed by atoms with Crippen LogP contribution in [0.4, 0.5) is 5.69 Å². The van der Waals surface area contributed by atoms with E-state index < -0.39 is 0 Å². The molecule has 0 aliphatic rings. The van der Waals surface area contributed by atoms with Crippen molar-refractivity contribution in [3.8, 4) is 5.75 Å². The summed E-state index contributed by atoms with van der Waals surface area (Å²) >= 11 is 0. The van der Waals surface area contributed by atoms with Crippen molar-refractivity contribution in [3.63, 3.8) is 0 Å². The van der Waals surface area contributed by atoms with Gasteiger partial charge in [-0.1, -0.05) is 42.5 Å². The van der Waals surface area contributed by atoms with Crippen LogP contribution in [0.2, 0.25) is 0 Å². The number of rotatable bonds is 4. The fourth-order valence-electron chi connectivity index (χ4n) is 2.11. The third kappa shape index (κ3) is 2.87. The van der Waals surface area contributed by atoms with E-state index in [0.717, 1.165) is 28.5 Å². The molecule has 3 rings (SSSR count). The number of benzene rings is 2. The lowest BCUT2D eigenvalue weighted by molar-refractivity contribution is 0.416. The van der Waals surface area contributed by atoms with Crippen molar-refractivity contribution < 1.29 is 9.15 Å². The smallest absolute Gasteiger partial charge is 0.152 e. The molecule has 0 N–H and O–H groups in total. The number of methoxy groups -OCH3 is 1. The van der Waals surface area contributed by atoms with Gasteiger partial charge in [0.15, 0.2) is 5.76 Å². The van der Waals surface area contributed by atoms with Gasteiger partial charge in [-0.3, -0.25) is 0 Å². The third-order valence-corrected chi connectivity index (χ3v) is 3.12. The lowest BCUT2D eigenvalue weighted by Crippen LogP contribution is -2.01. The Kier molecular flexibility index (Phi) is 3.83. The molecular weight excluding hydrogens is 262 g/mol. The molecule has 0 spiro atoms. The zero-order valence-electron chi connectivity index (χ0n) is 11.7. The van der Waals surface area contributed by atoms with Crippen LogP contribution in [0.5, 0.6) is 5.75 Å². The van der Waals surface area contributed by atoms with E-state index in [0.29, 0.717) is 0 Å². The van der Waals surface area contributed by atoms with E-state index in [9.17, 15) is 0 Å². The molecule has 1 aromatic heterocycles. The highest BCUT2D eigenvalue weighted by atomic mass is 16.5. The second-order valence-electron chi connectivity index (χ2n) is 4.48. The van der Waals surface area contributed by atoms with Crippen molar-refractivity contribution in [2.45, 2.75) is 0 Å². The van der Waals surface area contributed by atoms with Crippen molar-refractivity contribution >= 4 is 11.4 Å². The molecule has 0 radical (unpaired) electrons. The first kappa shape index (κ1) is 13.2. The maximum absolute atomic E-state index is 5.52. The molecule has 0 aliphatic heterocycles. The van der Waals surface area contributed by atoms with Gasteiger partial charge in [0.05, 0.1) is 13.4 Å². The number of furan rings is 1. The summed E-state index contributed by atoms with van der Waals surface area (Å²) in [4.78, 5) is 4.74. The van der Waals surface area contributed by atoms with Crippen LogP contribution in [0.1, 0.15) is 11.3 Å². The predicted molar refractivity (Wildman–Crippen MR) is 83.4 cm³/mol. The van der Waals surface area contributed by atoms with Gasteiger partial charge in [-0.2, -0.15) is 0 Å². The molecule has 1 heterocycles. The lowest BCUT2D eigenvalue weighted by Gasteiger charge is -2.07. The fourth-order valence-corrected chi connectivity index (χ4v) is 2.11.